The zero-order chi connectivity index (χ0) is 18.5. The number of hydrogen-bond acceptors (Lipinski definition) is 7. The molecule has 0 unspecified atom stereocenters. The van der Waals surface area contributed by atoms with Crippen molar-refractivity contribution in [1.82, 2.24) is 10.2 Å². The zero-order valence-corrected chi connectivity index (χ0v) is 15.0. The average molecular weight is 376 g/mol. The number of carbonyl (C=O) groups is 2. The minimum Gasteiger partial charge on any atom is -0.465 e. The Bertz CT molecular complexity index is 772. The standard InChI is InChI=1S/C18H18ClN3O4/c1-25-17(23)12-2-4-14(5-3-12)26-18(24)13-8-10-22(11-9-13)16-7-6-15(19)20-21-16/h2-7,13H,8-11H2,1H3. The highest BCUT2D eigenvalue weighted by molar-refractivity contribution is 6.29. The molecule has 0 amide bonds. The molecule has 1 saturated heterocycles. The summed E-state index contributed by atoms with van der Waals surface area (Å²) in [5, 5.41) is 8.25. The number of nitrogens with zero attached hydrogens (tertiary/aromatic N) is 3. The van der Waals surface area contributed by atoms with Crippen LogP contribution in [-0.4, -0.2) is 42.3 Å². The van der Waals surface area contributed by atoms with Gasteiger partial charge in [-0.1, -0.05) is 11.6 Å². The van der Waals surface area contributed by atoms with Crippen molar-refractivity contribution < 1.29 is 19.1 Å². The first-order valence-electron chi connectivity index (χ1n) is 8.21. The maximum atomic E-state index is 12.4. The van der Waals surface area contributed by atoms with Gasteiger partial charge in [-0.25, -0.2) is 4.79 Å². The van der Waals surface area contributed by atoms with Crippen LogP contribution in [-0.2, 0) is 9.53 Å². The quantitative estimate of drug-likeness (QED) is 0.600. The van der Waals surface area contributed by atoms with Crippen LogP contribution in [0.2, 0.25) is 5.15 Å². The number of piperidine rings is 1. The third kappa shape index (κ3) is 4.29. The Kier molecular flexibility index (Phi) is 5.68. The molecule has 1 aromatic carbocycles. The van der Waals surface area contributed by atoms with Crippen molar-refractivity contribution in [3.05, 3.63) is 47.1 Å². The molecular formula is C18H18ClN3O4. The molecule has 0 bridgehead atoms. The van der Waals surface area contributed by atoms with Gasteiger partial charge in [-0.05, 0) is 49.2 Å². The maximum Gasteiger partial charge on any atom is 0.337 e. The molecule has 136 valence electrons. The molecular weight excluding hydrogens is 358 g/mol. The van der Waals surface area contributed by atoms with E-state index in [1.165, 1.54) is 7.11 Å². The minimum atomic E-state index is -0.430. The molecule has 3 rings (SSSR count). The monoisotopic (exact) mass is 375 g/mol. The highest BCUT2D eigenvalue weighted by atomic mass is 35.5. The first-order chi connectivity index (χ1) is 12.6. The second kappa shape index (κ2) is 8.14. The number of methoxy groups -OCH3 is 1. The van der Waals surface area contributed by atoms with E-state index in [0.29, 0.717) is 42.4 Å². The van der Waals surface area contributed by atoms with E-state index in [0.717, 1.165) is 5.82 Å². The van der Waals surface area contributed by atoms with Crippen LogP contribution in [0, 0.1) is 5.92 Å². The average Bonchev–Trinajstić information content (AvgIpc) is 2.68. The first kappa shape index (κ1) is 18.1. The predicted octanol–water partition coefficient (Wildman–Crippen LogP) is 2.74. The van der Waals surface area contributed by atoms with E-state index in [1.54, 1.807) is 30.3 Å². The molecule has 0 saturated carbocycles. The Morgan fingerprint density at radius 2 is 1.77 bits per heavy atom. The summed E-state index contributed by atoms with van der Waals surface area (Å²) in [7, 11) is 1.32. The van der Waals surface area contributed by atoms with E-state index in [2.05, 4.69) is 19.8 Å². The molecule has 8 heteroatoms. The predicted molar refractivity (Wildman–Crippen MR) is 95.4 cm³/mol. The van der Waals surface area contributed by atoms with Gasteiger partial charge < -0.3 is 14.4 Å². The van der Waals surface area contributed by atoms with Gasteiger partial charge in [0, 0.05) is 13.1 Å². The third-order valence-corrected chi connectivity index (χ3v) is 4.47. The summed E-state index contributed by atoms with van der Waals surface area (Å²) in [5.74, 6) is 0.290. The van der Waals surface area contributed by atoms with Gasteiger partial charge >= 0.3 is 11.9 Å². The van der Waals surface area contributed by atoms with Crippen molar-refractivity contribution in [2.75, 3.05) is 25.1 Å². The van der Waals surface area contributed by atoms with E-state index in [-0.39, 0.29) is 11.9 Å². The molecule has 2 heterocycles. The summed E-state index contributed by atoms with van der Waals surface area (Å²) in [6.45, 7) is 1.38. The van der Waals surface area contributed by atoms with Crippen LogP contribution in [0.4, 0.5) is 5.82 Å². The second-order valence-corrected chi connectivity index (χ2v) is 6.30. The molecule has 0 spiro atoms. The van der Waals surface area contributed by atoms with E-state index >= 15 is 0 Å². The summed E-state index contributed by atoms with van der Waals surface area (Å²) in [6.07, 6.45) is 1.34. The zero-order valence-electron chi connectivity index (χ0n) is 14.2. The Morgan fingerprint density at radius 3 is 2.35 bits per heavy atom. The van der Waals surface area contributed by atoms with E-state index in [4.69, 9.17) is 16.3 Å². The Balaban J connectivity index is 1.53. The molecule has 7 nitrogen and oxygen atoms in total. The maximum absolute atomic E-state index is 12.4. The number of halogens is 1. The molecule has 1 fully saturated rings. The van der Waals surface area contributed by atoms with Crippen molar-refractivity contribution in [3.63, 3.8) is 0 Å². The Labute approximate surface area is 155 Å². The fraction of sp³-hybridized carbons (Fsp3) is 0.333. The largest absolute Gasteiger partial charge is 0.465 e. The molecule has 1 aliphatic rings. The van der Waals surface area contributed by atoms with Crippen molar-refractivity contribution in [3.8, 4) is 5.75 Å². The summed E-state index contributed by atoms with van der Waals surface area (Å²) in [5.41, 5.74) is 0.407. The van der Waals surface area contributed by atoms with Gasteiger partial charge in [0.05, 0.1) is 18.6 Å². The fourth-order valence-electron chi connectivity index (χ4n) is 2.80. The van der Waals surface area contributed by atoms with Crippen molar-refractivity contribution in [2.45, 2.75) is 12.8 Å². The number of esters is 2. The van der Waals surface area contributed by atoms with Crippen LogP contribution < -0.4 is 9.64 Å². The van der Waals surface area contributed by atoms with Gasteiger partial charge in [0.25, 0.3) is 0 Å². The Morgan fingerprint density at radius 1 is 1.08 bits per heavy atom. The van der Waals surface area contributed by atoms with Crippen molar-refractivity contribution in [2.24, 2.45) is 5.92 Å². The highest BCUT2D eigenvalue weighted by Gasteiger charge is 2.27. The van der Waals surface area contributed by atoms with Gasteiger partial charge in [-0.2, -0.15) is 0 Å². The molecule has 0 atom stereocenters. The highest BCUT2D eigenvalue weighted by Crippen LogP contribution is 2.24. The minimum absolute atomic E-state index is 0.174. The van der Waals surface area contributed by atoms with Gasteiger partial charge in [0.2, 0.25) is 0 Å². The number of anilines is 1. The summed E-state index contributed by atoms with van der Waals surface area (Å²) in [6, 6.07) is 9.82. The van der Waals surface area contributed by atoms with Crippen LogP contribution in [0.3, 0.4) is 0 Å². The van der Waals surface area contributed by atoms with Crippen LogP contribution in [0.15, 0.2) is 36.4 Å². The second-order valence-electron chi connectivity index (χ2n) is 5.91. The SMILES string of the molecule is COC(=O)c1ccc(OC(=O)C2CCN(c3ccc(Cl)nn3)CC2)cc1. The van der Waals surface area contributed by atoms with E-state index in [9.17, 15) is 9.59 Å². The van der Waals surface area contributed by atoms with Gasteiger partial charge in [-0.15, -0.1) is 10.2 Å². The lowest BCUT2D eigenvalue weighted by Gasteiger charge is -2.31. The Hall–Kier alpha value is -2.67. The lowest BCUT2D eigenvalue weighted by molar-refractivity contribution is -0.139. The lowest BCUT2D eigenvalue weighted by Crippen LogP contribution is -2.38. The number of rotatable bonds is 4. The number of hydrogen-bond donors (Lipinski definition) is 0. The van der Waals surface area contributed by atoms with Gasteiger partial charge in [-0.3, -0.25) is 4.79 Å². The topological polar surface area (TPSA) is 81.6 Å². The lowest BCUT2D eigenvalue weighted by atomic mass is 9.97. The smallest absolute Gasteiger partial charge is 0.337 e. The molecule has 0 radical (unpaired) electrons. The molecule has 0 aliphatic carbocycles. The summed E-state index contributed by atoms with van der Waals surface area (Å²) >= 11 is 5.75. The van der Waals surface area contributed by atoms with E-state index < -0.39 is 5.97 Å². The van der Waals surface area contributed by atoms with Crippen molar-refractivity contribution in [1.29, 1.82) is 0 Å². The molecule has 1 aliphatic heterocycles. The van der Waals surface area contributed by atoms with Crippen LogP contribution in [0.1, 0.15) is 23.2 Å². The number of ether oxygens (including phenoxy) is 2. The number of benzene rings is 1. The fourth-order valence-corrected chi connectivity index (χ4v) is 2.90. The van der Waals surface area contributed by atoms with Crippen molar-refractivity contribution >= 4 is 29.4 Å². The van der Waals surface area contributed by atoms with Gasteiger partial charge in [0.15, 0.2) is 11.0 Å². The summed E-state index contributed by atoms with van der Waals surface area (Å²) < 4.78 is 10.1. The first-order valence-corrected chi connectivity index (χ1v) is 8.59. The number of aromatic nitrogens is 2. The normalized spacial score (nSPS) is 14.8. The van der Waals surface area contributed by atoms with E-state index in [1.807, 2.05) is 6.07 Å². The van der Waals surface area contributed by atoms with Crippen LogP contribution >= 0.6 is 11.6 Å². The van der Waals surface area contributed by atoms with Crippen LogP contribution in [0.5, 0.6) is 5.75 Å². The molecule has 2 aromatic rings. The third-order valence-electron chi connectivity index (χ3n) is 4.26. The van der Waals surface area contributed by atoms with Crippen LogP contribution in [0.25, 0.3) is 0 Å². The number of carbonyl (C=O) groups excluding carboxylic acids is 2. The summed E-state index contributed by atoms with van der Waals surface area (Å²) in [4.78, 5) is 25.8. The molecule has 26 heavy (non-hydrogen) atoms. The van der Waals surface area contributed by atoms with Gasteiger partial charge in [0.1, 0.15) is 5.75 Å². The molecule has 0 N–H and O–H groups in total. The molecule has 1 aromatic heterocycles.